The molecule has 0 fully saturated rings. The first-order valence-electron chi connectivity index (χ1n) is 6.30. The van der Waals surface area contributed by atoms with Crippen LogP contribution >= 0.6 is 11.6 Å². The van der Waals surface area contributed by atoms with Gasteiger partial charge in [-0.1, -0.05) is 23.7 Å². The summed E-state index contributed by atoms with van der Waals surface area (Å²) in [4.78, 5) is 15.5. The molecule has 0 N–H and O–H groups in total. The Kier molecular flexibility index (Phi) is 4.63. The van der Waals surface area contributed by atoms with Gasteiger partial charge >= 0.3 is 0 Å². The van der Waals surface area contributed by atoms with Crippen molar-refractivity contribution in [1.82, 2.24) is 4.98 Å². The standard InChI is InChI=1S/C15H13ClFNO3S/c1-9-5-10(14(19)8-22(2,20)21)3-4-12(9)11-6-13(16)15(17)18-7-11/h3-7H,8H2,1-2H3. The zero-order valence-electron chi connectivity index (χ0n) is 11.9. The third-order valence-corrected chi connectivity index (χ3v) is 4.10. The van der Waals surface area contributed by atoms with Crippen LogP contribution in [0.15, 0.2) is 30.5 Å². The van der Waals surface area contributed by atoms with E-state index in [1.54, 1.807) is 19.1 Å². The summed E-state index contributed by atoms with van der Waals surface area (Å²) in [5.41, 5.74) is 2.41. The molecule has 0 spiro atoms. The van der Waals surface area contributed by atoms with Gasteiger partial charge in [0.05, 0.1) is 5.02 Å². The Balaban J connectivity index is 2.38. The van der Waals surface area contributed by atoms with Crippen molar-refractivity contribution in [2.45, 2.75) is 6.92 Å². The largest absolute Gasteiger partial charge is 0.293 e. The Bertz CT molecular complexity index is 850. The molecule has 0 radical (unpaired) electrons. The maximum absolute atomic E-state index is 13.1. The van der Waals surface area contributed by atoms with Crippen LogP contribution in [0.25, 0.3) is 11.1 Å². The van der Waals surface area contributed by atoms with Crippen LogP contribution in [0.4, 0.5) is 4.39 Å². The van der Waals surface area contributed by atoms with Crippen molar-refractivity contribution in [2.75, 3.05) is 12.0 Å². The molecule has 116 valence electrons. The van der Waals surface area contributed by atoms with Gasteiger partial charge in [-0.15, -0.1) is 0 Å². The molecule has 1 heterocycles. The second kappa shape index (κ2) is 6.14. The van der Waals surface area contributed by atoms with Gasteiger partial charge in [-0.25, -0.2) is 13.4 Å². The summed E-state index contributed by atoms with van der Waals surface area (Å²) in [6, 6.07) is 6.24. The molecule has 7 heteroatoms. The van der Waals surface area contributed by atoms with Gasteiger partial charge in [-0.3, -0.25) is 4.79 Å². The Morgan fingerprint density at radius 2 is 2.00 bits per heavy atom. The fourth-order valence-electron chi connectivity index (χ4n) is 2.05. The maximum atomic E-state index is 13.1. The average Bonchev–Trinajstić information content (AvgIpc) is 2.40. The number of aryl methyl sites for hydroxylation is 1. The van der Waals surface area contributed by atoms with E-state index in [0.717, 1.165) is 17.4 Å². The van der Waals surface area contributed by atoms with E-state index in [4.69, 9.17) is 11.6 Å². The van der Waals surface area contributed by atoms with Crippen LogP contribution in [-0.2, 0) is 9.84 Å². The minimum atomic E-state index is -3.38. The number of nitrogens with zero attached hydrogens (tertiary/aromatic N) is 1. The van der Waals surface area contributed by atoms with E-state index < -0.39 is 27.3 Å². The molecule has 0 unspecified atom stereocenters. The number of halogens is 2. The molecular formula is C15H13ClFNO3S. The molecule has 0 aliphatic rings. The third-order valence-electron chi connectivity index (χ3n) is 3.05. The Morgan fingerprint density at radius 1 is 1.32 bits per heavy atom. The minimum Gasteiger partial charge on any atom is -0.293 e. The van der Waals surface area contributed by atoms with Gasteiger partial charge in [-0.2, -0.15) is 4.39 Å². The molecule has 1 aromatic heterocycles. The number of hydrogen-bond acceptors (Lipinski definition) is 4. The number of ketones is 1. The molecule has 0 amide bonds. The first kappa shape index (κ1) is 16.6. The molecule has 0 aliphatic heterocycles. The average molecular weight is 342 g/mol. The summed E-state index contributed by atoms with van der Waals surface area (Å²) in [5, 5.41) is -0.0888. The van der Waals surface area contributed by atoms with E-state index in [9.17, 15) is 17.6 Å². The third kappa shape index (κ3) is 3.90. The van der Waals surface area contributed by atoms with E-state index in [0.29, 0.717) is 11.1 Å². The van der Waals surface area contributed by atoms with Crippen LogP contribution in [0.5, 0.6) is 0 Å². The fraction of sp³-hybridized carbons (Fsp3) is 0.200. The van der Waals surface area contributed by atoms with Crippen LogP contribution in [0, 0.1) is 12.9 Å². The van der Waals surface area contributed by atoms with Gasteiger partial charge in [0, 0.05) is 23.6 Å². The second-order valence-corrected chi connectivity index (χ2v) is 7.57. The van der Waals surface area contributed by atoms with Crippen LogP contribution < -0.4 is 0 Å². The van der Waals surface area contributed by atoms with E-state index in [1.165, 1.54) is 18.3 Å². The lowest BCUT2D eigenvalue weighted by Crippen LogP contribution is -2.14. The van der Waals surface area contributed by atoms with E-state index in [1.807, 2.05) is 0 Å². The summed E-state index contributed by atoms with van der Waals surface area (Å²) in [6.07, 6.45) is 2.36. The van der Waals surface area contributed by atoms with Crippen molar-refractivity contribution < 1.29 is 17.6 Å². The highest BCUT2D eigenvalue weighted by Crippen LogP contribution is 2.27. The molecule has 0 atom stereocenters. The highest BCUT2D eigenvalue weighted by molar-refractivity contribution is 7.91. The van der Waals surface area contributed by atoms with E-state index >= 15 is 0 Å². The van der Waals surface area contributed by atoms with Crippen molar-refractivity contribution >= 4 is 27.2 Å². The first-order valence-corrected chi connectivity index (χ1v) is 8.74. The number of benzene rings is 1. The summed E-state index contributed by atoms with van der Waals surface area (Å²) >= 11 is 5.71. The summed E-state index contributed by atoms with van der Waals surface area (Å²) in [6.45, 7) is 1.77. The van der Waals surface area contributed by atoms with Crippen LogP contribution in [-0.4, -0.2) is 31.2 Å². The number of carbonyl (C=O) groups is 1. The fourth-order valence-corrected chi connectivity index (χ4v) is 2.86. The van der Waals surface area contributed by atoms with Gasteiger partial charge in [0.15, 0.2) is 15.6 Å². The number of sulfone groups is 1. The van der Waals surface area contributed by atoms with E-state index in [-0.39, 0.29) is 5.02 Å². The predicted molar refractivity (Wildman–Crippen MR) is 83.4 cm³/mol. The van der Waals surface area contributed by atoms with Gasteiger partial charge < -0.3 is 0 Å². The zero-order chi connectivity index (χ0) is 16.5. The van der Waals surface area contributed by atoms with E-state index in [2.05, 4.69) is 4.98 Å². The molecule has 1 aromatic carbocycles. The lowest BCUT2D eigenvalue weighted by Gasteiger charge is -2.08. The molecule has 0 bridgehead atoms. The topological polar surface area (TPSA) is 64.1 Å². The van der Waals surface area contributed by atoms with Crippen LogP contribution in [0.1, 0.15) is 15.9 Å². The zero-order valence-corrected chi connectivity index (χ0v) is 13.5. The number of aromatic nitrogens is 1. The summed E-state index contributed by atoms with van der Waals surface area (Å²) < 4.78 is 35.5. The maximum Gasteiger partial charge on any atom is 0.231 e. The molecule has 4 nitrogen and oxygen atoms in total. The number of hydrogen-bond donors (Lipinski definition) is 0. The molecule has 0 saturated carbocycles. The highest BCUT2D eigenvalue weighted by atomic mass is 35.5. The summed E-state index contributed by atoms with van der Waals surface area (Å²) in [5.74, 6) is -1.74. The minimum absolute atomic E-state index is 0.0888. The van der Waals surface area contributed by atoms with Crippen molar-refractivity contribution in [3.63, 3.8) is 0 Å². The molecule has 0 saturated heterocycles. The van der Waals surface area contributed by atoms with Gasteiger partial charge in [0.2, 0.25) is 5.95 Å². The normalized spacial score (nSPS) is 11.5. The number of rotatable bonds is 4. The molecule has 2 rings (SSSR count). The molecule has 2 aromatic rings. The molecule has 0 aliphatic carbocycles. The monoisotopic (exact) mass is 341 g/mol. The number of Topliss-reactive ketones (excluding diaryl/α,β-unsaturated/α-hetero) is 1. The molecule has 22 heavy (non-hydrogen) atoms. The van der Waals surface area contributed by atoms with Crippen LogP contribution in [0.3, 0.4) is 0 Å². The SMILES string of the molecule is Cc1cc(C(=O)CS(C)(=O)=O)ccc1-c1cnc(F)c(Cl)c1. The molecular weight excluding hydrogens is 329 g/mol. The van der Waals surface area contributed by atoms with Crippen molar-refractivity contribution in [3.8, 4) is 11.1 Å². The Hall–Kier alpha value is -1.79. The lowest BCUT2D eigenvalue weighted by atomic mass is 9.98. The summed E-state index contributed by atoms with van der Waals surface area (Å²) in [7, 11) is -3.38. The van der Waals surface area contributed by atoms with Gasteiger partial charge in [-0.05, 0) is 30.2 Å². The number of pyridine rings is 1. The highest BCUT2D eigenvalue weighted by Gasteiger charge is 2.15. The Morgan fingerprint density at radius 3 is 2.55 bits per heavy atom. The lowest BCUT2D eigenvalue weighted by molar-refractivity contribution is 0.102. The second-order valence-electron chi connectivity index (χ2n) is 5.02. The Labute approximate surface area is 132 Å². The smallest absolute Gasteiger partial charge is 0.231 e. The predicted octanol–water partition coefficient (Wildman–Crippen LogP) is 3.08. The van der Waals surface area contributed by atoms with Crippen LogP contribution in [0.2, 0.25) is 5.02 Å². The van der Waals surface area contributed by atoms with Crippen molar-refractivity contribution in [2.24, 2.45) is 0 Å². The van der Waals surface area contributed by atoms with Crippen molar-refractivity contribution in [1.29, 1.82) is 0 Å². The quantitative estimate of drug-likeness (QED) is 0.633. The first-order chi connectivity index (χ1) is 10.2. The number of carbonyl (C=O) groups excluding carboxylic acids is 1. The van der Waals surface area contributed by atoms with Gasteiger partial charge in [0.25, 0.3) is 0 Å². The van der Waals surface area contributed by atoms with Crippen molar-refractivity contribution in [3.05, 3.63) is 52.6 Å². The van der Waals surface area contributed by atoms with Gasteiger partial charge in [0.1, 0.15) is 5.75 Å².